The number of rotatable bonds is 5. The van der Waals surface area contributed by atoms with Crippen molar-refractivity contribution in [2.45, 2.75) is 39.0 Å². The van der Waals surface area contributed by atoms with Crippen LogP contribution in [0, 0.1) is 17.8 Å². The van der Waals surface area contributed by atoms with Gasteiger partial charge >= 0.3 is 0 Å². The molecule has 0 unspecified atom stereocenters. The number of carbonyl (C=O) groups is 2. The molecule has 3 heterocycles. The lowest BCUT2D eigenvalue weighted by atomic mass is 9.99. The third-order valence-corrected chi connectivity index (χ3v) is 5.67. The highest BCUT2D eigenvalue weighted by molar-refractivity contribution is 5.97. The number of aliphatic hydroxyl groups is 2. The van der Waals surface area contributed by atoms with Crippen molar-refractivity contribution in [2.75, 3.05) is 26.7 Å². The van der Waals surface area contributed by atoms with Gasteiger partial charge < -0.3 is 24.7 Å². The second kappa shape index (κ2) is 11.1. The molecule has 0 saturated heterocycles. The number of hydrogen-bond acceptors (Lipinski definition) is 7. The smallest absolute Gasteiger partial charge is 0.259 e. The Balaban J connectivity index is 1.95. The molecule has 2 aromatic heterocycles. The van der Waals surface area contributed by atoms with Crippen molar-refractivity contribution in [2.24, 2.45) is 5.92 Å². The minimum atomic E-state index is -0.821. The van der Waals surface area contributed by atoms with Gasteiger partial charge in [-0.1, -0.05) is 18.8 Å². The molecule has 0 radical (unpaired) electrons. The van der Waals surface area contributed by atoms with E-state index in [0.29, 0.717) is 17.7 Å². The number of aliphatic hydroxyl groups excluding tert-OH is 2. The first-order valence-electron chi connectivity index (χ1n) is 11.1. The molecule has 0 bridgehead atoms. The predicted octanol–water partition coefficient (Wildman–Crippen LogP) is 1.20. The zero-order valence-electron chi connectivity index (χ0n) is 19.8. The molecule has 0 aliphatic carbocycles. The number of pyridine rings is 2. The Hall–Kier alpha value is -3.48. The van der Waals surface area contributed by atoms with Crippen LogP contribution in [0.2, 0.25) is 0 Å². The third kappa shape index (κ3) is 5.90. The van der Waals surface area contributed by atoms with Gasteiger partial charge in [0.05, 0.1) is 19.2 Å². The van der Waals surface area contributed by atoms with E-state index in [1.807, 2.05) is 6.92 Å². The fourth-order valence-electron chi connectivity index (χ4n) is 3.64. The molecule has 34 heavy (non-hydrogen) atoms. The lowest BCUT2D eigenvalue weighted by Crippen LogP contribution is -2.50. The number of nitrogens with zero attached hydrogens (tertiary/aromatic N) is 4. The first-order chi connectivity index (χ1) is 16.2. The van der Waals surface area contributed by atoms with Crippen molar-refractivity contribution >= 4 is 11.8 Å². The van der Waals surface area contributed by atoms with Crippen molar-refractivity contribution in [1.82, 2.24) is 19.8 Å². The molecule has 1 aliphatic rings. The third-order valence-electron chi connectivity index (χ3n) is 5.67. The zero-order valence-corrected chi connectivity index (χ0v) is 19.8. The summed E-state index contributed by atoms with van der Waals surface area (Å²) in [6, 6.07) is 4.45. The van der Waals surface area contributed by atoms with Gasteiger partial charge in [-0.15, -0.1) is 0 Å². The molecule has 9 nitrogen and oxygen atoms in total. The Bertz CT molecular complexity index is 1080. The molecule has 0 saturated carbocycles. The van der Waals surface area contributed by atoms with E-state index in [-0.39, 0.29) is 42.3 Å². The van der Waals surface area contributed by atoms with Gasteiger partial charge in [0, 0.05) is 49.2 Å². The summed E-state index contributed by atoms with van der Waals surface area (Å²) in [6.07, 6.45) is 3.33. The van der Waals surface area contributed by atoms with Crippen LogP contribution in [0.3, 0.4) is 0 Å². The van der Waals surface area contributed by atoms with Gasteiger partial charge in [-0.05, 0) is 32.0 Å². The maximum absolute atomic E-state index is 13.4. The van der Waals surface area contributed by atoms with Crippen LogP contribution in [0.1, 0.15) is 47.1 Å². The van der Waals surface area contributed by atoms with Crippen LogP contribution in [-0.4, -0.2) is 86.8 Å². The quantitative estimate of drug-likeness (QED) is 0.636. The average Bonchev–Trinajstić information content (AvgIpc) is 2.84. The Morgan fingerprint density at radius 1 is 1.35 bits per heavy atom. The Morgan fingerprint density at radius 3 is 2.71 bits per heavy atom. The summed E-state index contributed by atoms with van der Waals surface area (Å²) in [5, 5.41) is 19.2. The van der Waals surface area contributed by atoms with Crippen molar-refractivity contribution < 1.29 is 24.5 Å². The van der Waals surface area contributed by atoms with Crippen molar-refractivity contribution in [3.63, 3.8) is 0 Å². The first kappa shape index (κ1) is 25.1. The normalized spacial score (nSPS) is 19.5. The van der Waals surface area contributed by atoms with Crippen LogP contribution in [0.25, 0.3) is 0 Å². The number of carbonyl (C=O) groups excluding carboxylic acids is 2. The Morgan fingerprint density at radius 2 is 2.06 bits per heavy atom. The van der Waals surface area contributed by atoms with E-state index < -0.39 is 18.2 Å². The molecule has 0 aromatic carbocycles. The van der Waals surface area contributed by atoms with E-state index in [0.717, 1.165) is 0 Å². The second-order valence-corrected chi connectivity index (χ2v) is 8.57. The van der Waals surface area contributed by atoms with E-state index >= 15 is 0 Å². The van der Waals surface area contributed by atoms with Crippen molar-refractivity contribution in [3.8, 4) is 17.7 Å². The maximum Gasteiger partial charge on any atom is 0.259 e. The Labute approximate surface area is 199 Å². The van der Waals surface area contributed by atoms with Gasteiger partial charge in [0.15, 0.2) is 0 Å². The van der Waals surface area contributed by atoms with Crippen LogP contribution in [0.15, 0.2) is 36.8 Å². The van der Waals surface area contributed by atoms with E-state index in [1.54, 1.807) is 61.3 Å². The monoisotopic (exact) mass is 466 g/mol. The molecule has 2 amide bonds. The molecule has 0 fully saturated rings. The summed E-state index contributed by atoms with van der Waals surface area (Å²) in [4.78, 5) is 37.7. The van der Waals surface area contributed by atoms with Crippen LogP contribution in [0.4, 0.5) is 0 Å². The van der Waals surface area contributed by atoms with Crippen LogP contribution in [0.5, 0.6) is 5.88 Å². The molecule has 9 heteroatoms. The summed E-state index contributed by atoms with van der Waals surface area (Å²) in [5.74, 6) is 4.93. The van der Waals surface area contributed by atoms with E-state index in [2.05, 4.69) is 21.8 Å². The molecule has 2 aromatic rings. The standard InChI is InChI=1S/C25H30N4O5/c1-16-13-29(17(2)15-30)25(33)21-11-19(6-5-18(3)31)12-27-23(21)34-22(16)14-28(4)24(32)20-7-9-26-10-8-20/h7-12,16-18,22,30-31H,13-15H2,1-4H3/t16-,17-,18-,22+/m0/s1. The van der Waals surface area contributed by atoms with Gasteiger partial charge in [-0.2, -0.15) is 0 Å². The molecule has 2 N–H and O–H groups in total. The molecule has 4 atom stereocenters. The second-order valence-electron chi connectivity index (χ2n) is 8.57. The van der Waals surface area contributed by atoms with Crippen LogP contribution in [-0.2, 0) is 0 Å². The minimum Gasteiger partial charge on any atom is -0.472 e. The molecular formula is C25H30N4O5. The van der Waals surface area contributed by atoms with Gasteiger partial charge in [0.1, 0.15) is 17.8 Å². The SMILES string of the molecule is C[C@H](O)C#Cc1cnc2c(c1)C(=O)N([C@@H](C)CO)C[C@H](C)[C@@H](CN(C)C(=O)c1ccncc1)O2. The summed E-state index contributed by atoms with van der Waals surface area (Å²) < 4.78 is 6.19. The maximum atomic E-state index is 13.4. The van der Waals surface area contributed by atoms with Gasteiger partial charge in [-0.3, -0.25) is 14.6 Å². The van der Waals surface area contributed by atoms with Gasteiger partial charge in [0.2, 0.25) is 5.88 Å². The van der Waals surface area contributed by atoms with Gasteiger partial charge in [0.25, 0.3) is 11.8 Å². The van der Waals surface area contributed by atoms with Crippen LogP contribution >= 0.6 is 0 Å². The molecule has 3 rings (SSSR count). The number of hydrogen-bond donors (Lipinski definition) is 2. The largest absolute Gasteiger partial charge is 0.472 e. The summed E-state index contributed by atoms with van der Waals surface area (Å²) >= 11 is 0. The molecule has 1 aliphatic heterocycles. The zero-order chi connectivity index (χ0) is 24.8. The number of amides is 2. The van der Waals surface area contributed by atoms with Crippen molar-refractivity contribution in [3.05, 3.63) is 53.5 Å². The predicted molar refractivity (Wildman–Crippen MR) is 125 cm³/mol. The molecule has 0 spiro atoms. The fourth-order valence-corrected chi connectivity index (χ4v) is 3.64. The highest BCUT2D eigenvalue weighted by Crippen LogP contribution is 2.27. The number of ether oxygens (including phenoxy) is 1. The lowest BCUT2D eigenvalue weighted by Gasteiger charge is -2.37. The van der Waals surface area contributed by atoms with E-state index in [4.69, 9.17) is 4.74 Å². The minimum absolute atomic E-state index is 0.143. The van der Waals surface area contributed by atoms with Gasteiger partial charge in [-0.25, -0.2) is 4.98 Å². The van der Waals surface area contributed by atoms with E-state index in [1.165, 1.54) is 6.20 Å². The number of aromatic nitrogens is 2. The first-order valence-corrected chi connectivity index (χ1v) is 11.1. The summed E-state index contributed by atoms with van der Waals surface area (Å²) in [6.45, 7) is 5.64. The topological polar surface area (TPSA) is 116 Å². The number of fused-ring (bicyclic) bond motifs is 1. The van der Waals surface area contributed by atoms with Crippen LogP contribution < -0.4 is 4.74 Å². The molecular weight excluding hydrogens is 436 g/mol. The highest BCUT2D eigenvalue weighted by Gasteiger charge is 2.34. The lowest BCUT2D eigenvalue weighted by molar-refractivity contribution is 0.0313. The van der Waals surface area contributed by atoms with Crippen molar-refractivity contribution in [1.29, 1.82) is 0 Å². The summed E-state index contributed by atoms with van der Waals surface area (Å²) in [5.41, 5.74) is 1.20. The average molecular weight is 467 g/mol. The number of likely N-dealkylation sites (N-methyl/N-ethyl adjacent to an activating group) is 1. The Kier molecular flexibility index (Phi) is 8.21. The fraction of sp³-hybridized carbons (Fsp3) is 0.440. The van der Waals surface area contributed by atoms with E-state index in [9.17, 15) is 19.8 Å². The summed E-state index contributed by atoms with van der Waals surface area (Å²) in [7, 11) is 1.69. The molecule has 180 valence electrons. The highest BCUT2D eigenvalue weighted by atomic mass is 16.5.